The van der Waals surface area contributed by atoms with E-state index in [0.29, 0.717) is 5.92 Å². The summed E-state index contributed by atoms with van der Waals surface area (Å²) in [4.78, 5) is 16.5. The molecule has 1 aliphatic heterocycles. The third-order valence-corrected chi connectivity index (χ3v) is 3.62. The van der Waals surface area contributed by atoms with Crippen molar-refractivity contribution in [2.75, 3.05) is 45.2 Å². The van der Waals surface area contributed by atoms with E-state index in [1.807, 2.05) is 29.2 Å². The number of ether oxygens (including phenoxy) is 1. The first-order valence-corrected chi connectivity index (χ1v) is 7.51. The van der Waals surface area contributed by atoms with E-state index in [0.717, 1.165) is 44.2 Å². The molecule has 1 aliphatic rings. The quantitative estimate of drug-likeness (QED) is 0.927. The Morgan fingerprint density at radius 3 is 2.33 bits per heavy atom. The number of nitrogens with zero attached hydrogens (tertiary/aromatic N) is 2. The molecule has 2 amide bonds. The van der Waals surface area contributed by atoms with Gasteiger partial charge in [-0.1, -0.05) is 13.8 Å². The molecule has 1 saturated heterocycles. The van der Waals surface area contributed by atoms with E-state index in [1.165, 1.54) is 0 Å². The maximum atomic E-state index is 12.2. The highest BCUT2D eigenvalue weighted by molar-refractivity contribution is 5.89. The SMILES string of the molecule is COc1ccc(NC(=O)N2CCN(CC(C)C)CC2)cc1. The molecule has 116 valence electrons. The molecule has 1 fully saturated rings. The van der Waals surface area contributed by atoms with E-state index >= 15 is 0 Å². The molecule has 0 spiro atoms. The number of anilines is 1. The van der Waals surface area contributed by atoms with Gasteiger partial charge in [-0.25, -0.2) is 4.79 Å². The second kappa shape index (κ2) is 7.31. The van der Waals surface area contributed by atoms with Crippen molar-refractivity contribution < 1.29 is 9.53 Å². The summed E-state index contributed by atoms with van der Waals surface area (Å²) >= 11 is 0. The molecule has 5 nitrogen and oxygen atoms in total. The molecule has 0 atom stereocenters. The molecule has 5 heteroatoms. The fourth-order valence-corrected chi connectivity index (χ4v) is 2.53. The molecule has 0 aromatic heterocycles. The van der Waals surface area contributed by atoms with Crippen molar-refractivity contribution in [1.29, 1.82) is 0 Å². The minimum Gasteiger partial charge on any atom is -0.497 e. The molecule has 0 unspecified atom stereocenters. The van der Waals surface area contributed by atoms with E-state index in [2.05, 4.69) is 24.1 Å². The molecular formula is C16H25N3O2. The monoisotopic (exact) mass is 291 g/mol. The summed E-state index contributed by atoms with van der Waals surface area (Å²) in [6, 6.07) is 7.37. The van der Waals surface area contributed by atoms with Crippen molar-refractivity contribution in [2.45, 2.75) is 13.8 Å². The molecule has 0 radical (unpaired) electrons. The van der Waals surface area contributed by atoms with Gasteiger partial charge in [0.15, 0.2) is 0 Å². The summed E-state index contributed by atoms with van der Waals surface area (Å²) in [7, 11) is 1.63. The van der Waals surface area contributed by atoms with Crippen LogP contribution in [0.2, 0.25) is 0 Å². The van der Waals surface area contributed by atoms with Gasteiger partial charge in [-0.3, -0.25) is 4.90 Å². The lowest BCUT2D eigenvalue weighted by molar-refractivity contribution is 0.138. The second-order valence-corrected chi connectivity index (χ2v) is 5.84. The highest BCUT2D eigenvalue weighted by atomic mass is 16.5. The average Bonchev–Trinajstić information content (AvgIpc) is 2.48. The van der Waals surface area contributed by atoms with Gasteiger partial charge < -0.3 is 15.0 Å². The predicted molar refractivity (Wildman–Crippen MR) is 84.9 cm³/mol. The van der Waals surface area contributed by atoms with Gasteiger partial charge in [0.25, 0.3) is 0 Å². The van der Waals surface area contributed by atoms with Crippen molar-refractivity contribution in [3.8, 4) is 5.75 Å². The highest BCUT2D eigenvalue weighted by Crippen LogP contribution is 2.16. The first-order valence-electron chi connectivity index (χ1n) is 7.51. The zero-order valence-corrected chi connectivity index (χ0v) is 13.1. The number of hydrogen-bond donors (Lipinski definition) is 1. The molecule has 2 rings (SSSR count). The van der Waals surface area contributed by atoms with Gasteiger partial charge in [0.05, 0.1) is 7.11 Å². The number of nitrogens with one attached hydrogen (secondary N) is 1. The number of carbonyl (C=O) groups excluding carboxylic acids is 1. The van der Waals surface area contributed by atoms with Crippen LogP contribution in [0.15, 0.2) is 24.3 Å². The smallest absolute Gasteiger partial charge is 0.321 e. The summed E-state index contributed by atoms with van der Waals surface area (Å²) < 4.78 is 5.11. The van der Waals surface area contributed by atoms with Gasteiger partial charge in [0, 0.05) is 38.4 Å². The van der Waals surface area contributed by atoms with E-state index in [1.54, 1.807) is 7.11 Å². The van der Waals surface area contributed by atoms with E-state index < -0.39 is 0 Å². The summed E-state index contributed by atoms with van der Waals surface area (Å²) in [5.41, 5.74) is 0.797. The van der Waals surface area contributed by atoms with Crippen LogP contribution in [0.4, 0.5) is 10.5 Å². The largest absolute Gasteiger partial charge is 0.497 e. The van der Waals surface area contributed by atoms with E-state index in [-0.39, 0.29) is 6.03 Å². The maximum Gasteiger partial charge on any atom is 0.321 e. The van der Waals surface area contributed by atoms with Crippen LogP contribution in [0.1, 0.15) is 13.8 Å². The first-order chi connectivity index (χ1) is 10.1. The van der Waals surface area contributed by atoms with Crippen LogP contribution >= 0.6 is 0 Å². The Morgan fingerprint density at radius 2 is 1.81 bits per heavy atom. The summed E-state index contributed by atoms with van der Waals surface area (Å²) in [5.74, 6) is 1.46. The summed E-state index contributed by atoms with van der Waals surface area (Å²) in [5, 5.41) is 2.93. The van der Waals surface area contributed by atoms with Gasteiger partial charge in [-0.2, -0.15) is 0 Å². The Labute approximate surface area is 126 Å². The number of methoxy groups -OCH3 is 1. The number of piperazine rings is 1. The van der Waals surface area contributed by atoms with Crippen molar-refractivity contribution in [3.63, 3.8) is 0 Å². The zero-order chi connectivity index (χ0) is 15.2. The predicted octanol–water partition coefficient (Wildman–Crippen LogP) is 2.50. The van der Waals surface area contributed by atoms with E-state index in [9.17, 15) is 4.79 Å². The lowest BCUT2D eigenvalue weighted by atomic mass is 10.2. The van der Waals surface area contributed by atoms with Crippen molar-refractivity contribution in [3.05, 3.63) is 24.3 Å². The molecule has 0 aliphatic carbocycles. The lowest BCUT2D eigenvalue weighted by Gasteiger charge is -2.35. The Kier molecular flexibility index (Phi) is 5.44. The molecule has 1 heterocycles. The van der Waals surface area contributed by atoms with Gasteiger partial charge in [-0.15, -0.1) is 0 Å². The summed E-state index contributed by atoms with van der Waals surface area (Å²) in [6.07, 6.45) is 0. The Bertz CT molecular complexity index is 451. The molecule has 0 saturated carbocycles. The number of carbonyl (C=O) groups is 1. The number of hydrogen-bond acceptors (Lipinski definition) is 3. The topological polar surface area (TPSA) is 44.8 Å². The maximum absolute atomic E-state index is 12.2. The van der Waals surface area contributed by atoms with Crippen LogP contribution in [-0.4, -0.2) is 55.7 Å². The third-order valence-electron chi connectivity index (χ3n) is 3.62. The van der Waals surface area contributed by atoms with Crippen LogP contribution in [0.5, 0.6) is 5.75 Å². The van der Waals surface area contributed by atoms with Crippen LogP contribution in [0.25, 0.3) is 0 Å². The van der Waals surface area contributed by atoms with E-state index in [4.69, 9.17) is 4.74 Å². The van der Waals surface area contributed by atoms with Crippen LogP contribution in [0, 0.1) is 5.92 Å². The average molecular weight is 291 g/mol. The molecule has 21 heavy (non-hydrogen) atoms. The first kappa shape index (κ1) is 15.6. The molecule has 1 aromatic carbocycles. The number of urea groups is 1. The van der Waals surface area contributed by atoms with Gasteiger partial charge in [-0.05, 0) is 30.2 Å². The Hall–Kier alpha value is -1.75. The Balaban J connectivity index is 1.81. The molecule has 1 aromatic rings. The fourth-order valence-electron chi connectivity index (χ4n) is 2.53. The molecule has 1 N–H and O–H groups in total. The molecule has 0 bridgehead atoms. The van der Waals surface area contributed by atoms with Crippen molar-refractivity contribution in [2.24, 2.45) is 5.92 Å². The normalized spacial score (nSPS) is 16.1. The number of amides is 2. The van der Waals surface area contributed by atoms with Crippen LogP contribution in [-0.2, 0) is 0 Å². The van der Waals surface area contributed by atoms with Gasteiger partial charge >= 0.3 is 6.03 Å². The fraction of sp³-hybridized carbons (Fsp3) is 0.562. The standard InChI is InChI=1S/C16H25N3O2/c1-13(2)12-18-8-10-19(11-9-18)16(20)17-14-4-6-15(21-3)7-5-14/h4-7,13H,8-12H2,1-3H3,(H,17,20). The second-order valence-electron chi connectivity index (χ2n) is 5.84. The highest BCUT2D eigenvalue weighted by Gasteiger charge is 2.21. The number of benzene rings is 1. The molecular weight excluding hydrogens is 266 g/mol. The summed E-state index contributed by atoms with van der Waals surface area (Å²) in [6.45, 7) is 9.03. The van der Waals surface area contributed by atoms with Crippen LogP contribution < -0.4 is 10.1 Å². The Morgan fingerprint density at radius 1 is 1.19 bits per heavy atom. The minimum atomic E-state index is -0.0237. The van der Waals surface area contributed by atoms with Gasteiger partial charge in [0.1, 0.15) is 5.75 Å². The van der Waals surface area contributed by atoms with Crippen molar-refractivity contribution in [1.82, 2.24) is 9.80 Å². The number of rotatable bonds is 4. The lowest BCUT2D eigenvalue weighted by Crippen LogP contribution is -2.50. The van der Waals surface area contributed by atoms with Crippen molar-refractivity contribution >= 4 is 11.7 Å². The third kappa shape index (κ3) is 4.63. The minimum absolute atomic E-state index is 0.0237. The zero-order valence-electron chi connectivity index (χ0n) is 13.1. The van der Waals surface area contributed by atoms with Crippen LogP contribution in [0.3, 0.4) is 0 Å². The van der Waals surface area contributed by atoms with Gasteiger partial charge in [0.2, 0.25) is 0 Å².